The Bertz CT molecular complexity index is 1190. The molecule has 1 amide bonds. The number of esters is 1. The van der Waals surface area contributed by atoms with E-state index >= 15 is 0 Å². The smallest absolute Gasteiger partial charge is 0.342 e. The lowest BCUT2D eigenvalue weighted by Gasteiger charge is -2.14. The first-order valence-corrected chi connectivity index (χ1v) is 10.1. The van der Waals surface area contributed by atoms with Crippen LogP contribution in [0.5, 0.6) is 0 Å². The Kier molecular flexibility index (Phi) is 7.03. The molecule has 0 aliphatic carbocycles. The second-order valence-electron chi connectivity index (χ2n) is 7.74. The molecule has 0 saturated heterocycles. The van der Waals surface area contributed by atoms with Crippen LogP contribution in [0.3, 0.4) is 0 Å². The van der Waals surface area contributed by atoms with E-state index in [9.17, 15) is 23.5 Å². The van der Waals surface area contributed by atoms with Crippen molar-refractivity contribution in [3.05, 3.63) is 77.0 Å². The van der Waals surface area contributed by atoms with E-state index in [0.717, 1.165) is 23.3 Å². The van der Waals surface area contributed by atoms with Gasteiger partial charge in [0.25, 0.3) is 5.91 Å². The van der Waals surface area contributed by atoms with Gasteiger partial charge in [0, 0.05) is 23.5 Å². The number of nitrogens with zero attached hydrogens (tertiary/aromatic N) is 1. The number of halogens is 2. The van der Waals surface area contributed by atoms with Gasteiger partial charge in [0.15, 0.2) is 6.10 Å². The highest BCUT2D eigenvalue weighted by atomic mass is 19.1. The number of hydrogen-bond acceptors (Lipinski definition) is 6. The maximum atomic E-state index is 13.4. The van der Waals surface area contributed by atoms with Crippen LogP contribution in [-0.4, -0.2) is 28.1 Å². The fraction of sp³-hybridized carbons (Fsp3) is 0.208. The number of pyridine rings is 1. The van der Waals surface area contributed by atoms with E-state index in [1.165, 1.54) is 6.20 Å². The summed E-state index contributed by atoms with van der Waals surface area (Å²) in [5.41, 5.74) is 8.20. The van der Waals surface area contributed by atoms with Crippen LogP contribution in [0.2, 0.25) is 0 Å². The molecular formula is C24H23F2N3O4. The summed E-state index contributed by atoms with van der Waals surface area (Å²) in [6.45, 7) is 5.24. The van der Waals surface area contributed by atoms with Crippen molar-refractivity contribution in [2.24, 2.45) is 0 Å². The molecule has 1 atom stereocenters. The molecule has 33 heavy (non-hydrogen) atoms. The fourth-order valence-corrected chi connectivity index (χ4v) is 3.22. The molecule has 9 heteroatoms. The number of nitrogen functional groups attached to an aromatic ring is 1. The Morgan fingerprint density at radius 2 is 1.76 bits per heavy atom. The standard InChI is InChI=1S/C24H23F2N3O4/c1-12(2)33-24(32)20-9-15(11-28-22(20)27)19-5-4-18(6-13(19)3)29-23(31)21(30)14-7-16(25)10-17(26)8-14/h4-12,21,30H,1-3H3,(H2,27,28)(H,29,31). The summed E-state index contributed by atoms with van der Waals surface area (Å²) in [4.78, 5) is 28.7. The van der Waals surface area contributed by atoms with Crippen LogP contribution in [0.1, 0.15) is 41.4 Å². The number of benzene rings is 2. The number of aliphatic hydroxyl groups excluding tert-OH is 1. The third-order valence-electron chi connectivity index (χ3n) is 4.74. The largest absolute Gasteiger partial charge is 0.459 e. The normalized spacial score (nSPS) is 11.8. The molecule has 1 heterocycles. The van der Waals surface area contributed by atoms with Gasteiger partial charge < -0.3 is 20.9 Å². The van der Waals surface area contributed by atoms with Gasteiger partial charge in [-0.25, -0.2) is 18.6 Å². The number of carbonyl (C=O) groups excluding carboxylic acids is 2. The van der Waals surface area contributed by atoms with Gasteiger partial charge in [0.05, 0.1) is 6.10 Å². The molecule has 7 nitrogen and oxygen atoms in total. The van der Waals surface area contributed by atoms with Crippen LogP contribution in [0.25, 0.3) is 11.1 Å². The van der Waals surface area contributed by atoms with E-state index in [4.69, 9.17) is 10.5 Å². The lowest BCUT2D eigenvalue weighted by molar-refractivity contribution is -0.124. The first-order chi connectivity index (χ1) is 15.5. The quantitative estimate of drug-likeness (QED) is 0.481. The second kappa shape index (κ2) is 9.74. The van der Waals surface area contributed by atoms with Crippen LogP contribution >= 0.6 is 0 Å². The predicted molar refractivity (Wildman–Crippen MR) is 119 cm³/mol. The number of nitrogens with two attached hydrogens (primary N) is 1. The maximum absolute atomic E-state index is 13.4. The van der Waals surface area contributed by atoms with Gasteiger partial charge in [-0.05, 0) is 67.8 Å². The minimum atomic E-state index is -1.76. The van der Waals surface area contributed by atoms with Gasteiger partial charge >= 0.3 is 5.97 Å². The van der Waals surface area contributed by atoms with E-state index in [0.29, 0.717) is 17.3 Å². The molecule has 0 aliphatic rings. The number of aliphatic hydroxyl groups is 1. The van der Waals surface area contributed by atoms with Gasteiger partial charge in [-0.1, -0.05) is 6.07 Å². The van der Waals surface area contributed by atoms with Crippen molar-refractivity contribution in [3.8, 4) is 11.1 Å². The monoisotopic (exact) mass is 455 g/mol. The number of amides is 1. The second-order valence-corrected chi connectivity index (χ2v) is 7.74. The summed E-state index contributed by atoms with van der Waals surface area (Å²) in [6, 6.07) is 8.93. The van der Waals surface area contributed by atoms with Crippen molar-refractivity contribution in [1.82, 2.24) is 4.98 Å². The molecule has 3 rings (SSSR count). The number of carbonyl (C=O) groups is 2. The number of aromatic nitrogens is 1. The summed E-state index contributed by atoms with van der Waals surface area (Å²) in [5.74, 6) is -3.17. The first kappa shape index (κ1) is 23.8. The summed E-state index contributed by atoms with van der Waals surface area (Å²) >= 11 is 0. The van der Waals surface area contributed by atoms with Crippen molar-refractivity contribution in [1.29, 1.82) is 0 Å². The molecule has 0 bridgehead atoms. The lowest BCUT2D eigenvalue weighted by Crippen LogP contribution is -2.21. The van der Waals surface area contributed by atoms with Gasteiger partial charge in [-0.15, -0.1) is 0 Å². The van der Waals surface area contributed by atoms with Crippen LogP contribution in [0, 0.1) is 18.6 Å². The lowest BCUT2D eigenvalue weighted by atomic mass is 10.00. The molecule has 3 aromatic rings. The highest BCUT2D eigenvalue weighted by molar-refractivity contribution is 5.96. The van der Waals surface area contributed by atoms with Crippen molar-refractivity contribution >= 4 is 23.4 Å². The minimum Gasteiger partial charge on any atom is -0.459 e. The van der Waals surface area contributed by atoms with E-state index < -0.39 is 29.6 Å². The molecule has 0 aliphatic heterocycles. The third-order valence-corrected chi connectivity index (χ3v) is 4.74. The number of nitrogens with one attached hydrogen (secondary N) is 1. The molecule has 172 valence electrons. The molecule has 1 aromatic heterocycles. The number of hydrogen-bond donors (Lipinski definition) is 3. The fourth-order valence-electron chi connectivity index (χ4n) is 3.22. The zero-order valence-corrected chi connectivity index (χ0v) is 18.2. The SMILES string of the molecule is Cc1cc(NC(=O)C(O)c2cc(F)cc(F)c2)ccc1-c1cnc(N)c(C(=O)OC(C)C)c1. The highest BCUT2D eigenvalue weighted by Crippen LogP contribution is 2.28. The molecule has 0 fully saturated rings. The van der Waals surface area contributed by atoms with Crippen LogP contribution < -0.4 is 11.1 Å². The molecule has 2 aromatic carbocycles. The molecule has 1 unspecified atom stereocenters. The van der Waals surface area contributed by atoms with Crippen molar-refractivity contribution in [3.63, 3.8) is 0 Å². The average Bonchev–Trinajstić information content (AvgIpc) is 2.72. The average molecular weight is 455 g/mol. The Balaban J connectivity index is 1.81. The Hall–Kier alpha value is -3.85. The van der Waals surface area contributed by atoms with E-state index in [1.807, 2.05) is 0 Å². The topological polar surface area (TPSA) is 115 Å². The van der Waals surface area contributed by atoms with Crippen LogP contribution in [0.4, 0.5) is 20.3 Å². The molecule has 0 spiro atoms. The number of rotatable bonds is 6. The van der Waals surface area contributed by atoms with Crippen LogP contribution in [0.15, 0.2) is 48.7 Å². The van der Waals surface area contributed by atoms with Gasteiger partial charge in [0.1, 0.15) is 23.0 Å². The summed E-state index contributed by atoms with van der Waals surface area (Å²) in [6.07, 6.45) is -0.556. The summed E-state index contributed by atoms with van der Waals surface area (Å²) in [5, 5.41) is 12.7. The van der Waals surface area contributed by atoms with Gasteiger partial charge in [-0.3, -0.25) is 4.79 Å². The number of aryl methyl sites for hydroxylation is 1. The first-order valence-electron chi connectivity index (χ1n) is 10.1. The summed E-state index contributed by atoms with van der Waals surface area (Å²) < 4.78 is 32.0. The van der Waals surface area contributed by atoms with Gasteiger partial charge in [0.2, 0.25) is 0 Å². The van der Waals surface area contributed by atoms with Crippen molar-refractivity contribution in [2.45, 2.75) is 33.0 Å². The minimum absolute atomic E-state index is 0.0497. The zero-order chi connectivity index (χ0) is 24.3. The number of anilines is 2. The van der Waals surface area contributed by atoms with Crippen LogP contribution in [-0.2, 0) is 9.53 Å². The van der Waals surface area contributed by atoms with Crippen molar-refractivity contribution < 1.29 is 28.2 Å². The van der Waals surface area contributed by atoms with E-state index in [-0.39, 0.29) is 23.0 Å². The third kappa shape index (κ3) is 5.69. The Labute approximate surface area is 189 Å². The molecule has 4 N–H and O–H groups in total. The number of ether oxygens (including phenoxy) is 1. The van der Waals surface area contributed by atoms with Gasteiger partial charge in [-0.2, -0.15) is 0 Å². The van der Waals surface area contributed by atoms with Crippen molar-refractivity contribution in [2.75, 3.05) is 11.1 Å². The highest BCUT2D eigenvalue weighted by Gasteiger charge is 2.20. The predicted octanol–water partition coefficient (Wildman–Crippen LogP) is 4.15. The Morgan fingerprint density at radius 3 is 2.36 bits per heavy atom. The summed E-state index contributed by atoms with van der Waals surface area (Å²) in [7, 11) is 0. The zero-order valence-electron chi connectivity index (χ0n) is 18.2. The Morgan fingerprint density at radius 1 is 1.09 bits per heavy atom. The molecular weight excluding hydrogens is 432 g/mol. The maximum Gasteiger partial charge on any atom is 0.342 e. The molecule has 0 saturated carbocycles. The van der Waals surface area contributed by atoms with E-state index in [1.54, 1.807) is 45.0 Å². The molecule has 0 radical (unpaired) electrons. The van der Waals surface area contributed by atoms with E-state index in [2.05, 4.69) is 10.3 Å².